The lowest BCUT2D eigenvalue weighted by molar-refractivity contribution is -0.138. The van der Waals surface area contributed by atoms with Crippen molar-refractivity contribution < 1.29 is 9.90 Å². The Balaban J connectivity index is 1.75. The fraction of sp³-hybridized carbons (Fsp3) is 0.375. The van der Waals surface area contributed by atoms with Crippen molar-refractivity contribution in [3.8, 4) is 11.3 Å². The lowest BCUT2D eigenvalue weighted by Gasteiger charge is -2.38. The van der Waals surface area contributed by atoms with Gasteiger partial charge in [0.1, 0.15) is 0 Å². The van der Waals surface area contributed by atoms with Crippen LogP contribution in [0.4, 0.5) is 5.95 Å². The highest BCUT2D eigenvalue weighted by Crippen LogP contribution is 2.21. The molecule has 0 spiro atoms. The molecule has 7 nitrogen and oxygen atoms in total. The minimum atomic E-state index is -0.807. The van der Waals surface area contributed by atoms with Crippen LogP contribution >= 0.6 is 11.6 Å². The highest BCUT2D eigenvalue weighted by atomic mass is 35.5. The highest BCUT2D eigenvalue weighted by Gasteiger charge is 2.26. The van der Waals surface area contributed by atoms with Gasteiger partial charge >= 0.3 is 5.97 Å². The van der Waals surface area contributed by atoms with E-state index in [1.807, 2.05) is 41.0 Å². The molecule has 0 radical (unpaired) electrons. The van der Waals surface area contributed by atoms with Crippen LogP contribution in [0.3, 0.4) is 0 Å². The zero-order chi connectivity index (χ0) is 17.1. The molecule has 1 saturated heterocycles. The number of aliphatic carboxylic acids is 1. The number of hydrogen-bond acceptors (Lipinski definition) is 6. The zero-order valence-corrected chi connectivity index (χ0v) is 14.0. The Morgan fingerprint density at radius 3 is 2.75 bits per heavy atom. The van der Waals surface area contributed by atoms with E-state index in [9.17, 15) is 4.79 Å². The molecule has 0 saturated carbocycles. The van der Waals surface area contributed by atoms with Crippen LogP contribution in [0.25, 0.3) is 11.3 Å². The summed E-state index contributed by atoms with van der Waals surface area (Å²) in [6.07, 6.45) is 1.62. The van der Waals surface area contributed by atoms with Crippen molar-refractivity contribution >= 4 is 23.5 Å². The van der Waals surface area contributed by atoms with Gasteiger partial charge in [0.15, 0.2) is 0 Å². The molecule has 1 fully saturated rings. The molecule has 1 aliphatic heterocycles. The van der Waals surface area contributed by atoms with Crippen molar-refractivity contribution in [2.75, 3.05) is 31.1 Å². The maximum Gasteiger partial charge on any atom is 0.317 e. The van der Waals surface area contributed by atoms with Gasteiger partial charge in [-0.05, 0) is 19.1 Å². The predicted octanol–water partition coefficient (Wildman–Crippen LogP) is 1.79. The van der Waals surface area contributed by atoms with Gasteiger partial charge in [-0.1, -0.05) is 23.7 Å². The molecular formula is C16H18ClN5O2. The van der Waals surface area contributed by atoms with Crippen LogP contribution in [0.2, 0.25) is 5.02 Å². The Hall–Kier alpha value is -2.25. The smallest absolute Gasteiger partial charge is 0.317 e. The third kappa shape index (κ3) is 3.80. The molecule has 0 bridgehead atoms. The minimum Gasteiger partial charge on any atom is -0.480 e. The average Bonchev–Trinajstić information content (AvgIpc) is 2.57. The second-order valence-electron chi connectivity index (χ2n) is 5.81. The van der Waals surface area contributed by atoms with E-state index in [0.29, 0.717) is 30.6 Å². The van der Waals surface area contributed by atoms with E-state index >= 15 is 0 Å². The summed E-state index contributed by atoms with van der Waals surface area (Å²) in [5, 5.41) is 17.8. The Morgan fingerprint density at radius 1 is 1.33 bits per heavy atom. The van der Waals surface area contributed by atoms with Crippen molar-refractivity contribution in [1.29, 1.82) is 0 Å². The lowest BCUT2D eigenvalue weighted by Crippen LogP contribution is -2.53. The van der Waals surface area contributed by atoms with Crippen molar-refractivity contribution in [3.63, 3.8) is 0 Å². The number of rotatable bonds is 4. The van der Waals surface area contributed by atoms with Crippen LogP contribution in [-0.4, -0.2) is 63.4 Å². The first-order valence-electron chi connectivity index (χ1n) is 7.69. The normalized spacial score (nSPS) is 18.6. The molecule has 24 heavy (non-hydrogen) atoms. The summed E-state index contributed by atoms with van der Waals surface area (Å²) in [5.74, 6) is -0.248. The fourth-order valence-electron chi connectivity index (χ4n) is 2.77. The molecule has 1 aromatic carbocycles. The molecule has 8 heteroatoms. The van der Waals surface area contributed by atoms with Gasteiger partial charge in [-0.15, -0.1) is 5.10 Å². The van der Waals surface area contributed by atoms with Crippen LogP contribution in [0, 0.1) is 0 Å². The number of anilines is 1. The topological polar surface area (TPSA) is 82.5 Å². The Labute approximate surface area is 144 Å². The van der Waals surface area contributed by atoms with Gasteiger partial charge in [0.25, 0.3) is 0 Å². The van der Waals surface area contributed by atoms with E-state index in [0.717, 1.165) is 11.3 Å². The van der Waals surface area contributed by atoms with Crippen molar-refractivity contribution in [1.82, 2.24) is 20.1 Å². The van der Waals surface area contributed by atoms with Gasteiger partial charge in [0.05, 0.1) is 18.4 Å². The van der Waals surface area contributed by atoms with Gasteiger partial charge in [-0.2, -0.15) is 5.10 Å². The van der Waals surface area contributed by atoms with Crippen molar-refractivity contribution in [2.45, 2.75) is 13.0 Å². The van der Waals surface area contributed by atoms with E-state index in [2.05, 4.69) is 15.2 Å². The number of piperazine rings is 1. The van der Waals surface area contributed by atoms with Gasteiger partial charge in [0.2, 0.25) is 5.95 Å². The maximum absolute atomic E-state index is 10.9. The number of halogens is 1. The number of carbonyl (C=O) groups is 1. The van der Waals surface area contributed by atoms with Gasteiger partial charge in [-0.3, -0.25) is 9.69 Å². The number of carboxylic acids is 1. The molecule has 0 amide bonds. The molecule has 1 aliphatic rings. The average molecular weight is 348 g/mol. The molecule has 2 aromatic rings. The van der Waals surface area contributed by atoms with Crippen molar-refractivity contribution in [2.24, 2.45) is 0 Å². The van der Waals surface area contributed by atoms with E-state index in [4.69, 9.17) is 16.7 Å². The van der Waals surface area contributed by atoms with Gasteiger partial charge in [0, 0.05) is 36.3 Å². The SMILES string of the molecule is C[C@@H]1CN(c2nncc(-c3ccc(Cl)cc3)n2)CCN1CC(=O)O. The summed E-state index contributed by atoms with van der Waals surface area (Å²) < 4.78 is 0. The van der Waals surface area contributed by atoms with Crippen LogP contribution in [0.5, 0.6) is 0 Å². The Kier molecular flexibility index (Phi) is 4.92. The summed E-state index contributed by atoms with van der Waals surface area (Å²) in [4.78, 5) is 19.5. The molecule has 0 unspecified atom stereocenters. The number of hydrogen-bond donors (Lipinski definition) is 1. The van der Waals surface area contributed by atoms with Crippen molar-refractivity contribution in [3.05, 3.63) is 35.5 Å². The molecular weight excluding hydrogens is 330 g/mol. The third-order valence-corrected chi connectivity index (χ3v) is 4.33. The van der Waals surface area contributed by atoms with Gasteiger partial charge < -0.3 is 10.0 Å². The maximum atomic E-state index is 10.9. The van der Waals surface area contributed by atoms with Gasteiger partial charge in [-0.25, -0.2) is 4.98 Å². The summed E-state index contributed by atoms with van der Waals surface area (Å²) in [7, 11) is 0. The Bertz CT molecular complexity index is 725. The zero-order valence-electron chi connectivity index (χ0n) is 13.3. The molecule has 1 atom stereocenters. The first-order valence-corrected chi connectivity index (χ1v) is 8.07. The molecule has 0 aliphatic carbocycles. The molecule has 3 rings (SSSR count). The lowest BCUT2D eigenvalue weighted by atomic mass is 10.1. The number of benzene rings is 1. The summed E-state index contributed by atoms with van der Waals surface area (Å²) in [6.45, 7) is 4.05. The highest BCUT2D eigenvalue weighted by molar-refractivity contribution is 6.30. The number of carboxylic acid groups (broad SMARTS) is 1. The van der Waals surface area contributed by atoms with E-state index in [1.165, 1.54) is 0 Å². The van der Waals surface area contributed by atoms with Crippen LogP contribution in [0.1, 0.15) is 6.92 Å². The predicted molar refractivity (Wildman–Crippen MR) is 91.2 cm³/mol. The monoisotopic (exact) mass is 347 g/mol. The summed E-state index contributed by atoms with van der Waals surface area (Å²) >= 11 is 5.91. The minimum absolute atomic E-state index is 0.0545. The van der Waals surface area contributed by atoms with Crippen LogP contribution in [-0.2, 0) is 4.79 Å². The Morgan fingerprint density at radius 2 is 2.08 bits per heavy atom. The molecule has 126 valence electrons. The molecule has 1 aromatic heterocycles. The van der Waals surface area contributed by atoms with E-state index in [1.54, 1.807) is 6.20 Å². The summed E-state index contributed by atoms with van der Waals surface area (Å²) in [5.41, 5.74) is 1.66. The largest absolute Gasteiger partial charge is 0.480 e. The van der Waals surface area contributed by atoms with E-state index in [-0.39, 0.29) is 12.6 Å². The third-order valence-electron chi connectivity index (χ3n) is 4.07. The number of aromatic nitrogens is 3. The first-order chi connectivity index (χ1) is 11.5. The fourth-order valence-corrected chi connectivity index (χ4v) is 2.90. The second kappa shape index (κ2) is 7.11. The summed E-state index contributed by atoms with van der Waals surface area (Å²) in [6, 6.07) is 7.52. The standard InChI is InChI=1S/C16H18ClN5O2/c1-11-9-22(7-6-21(11)10-15(23)24)16-19-14(8-18-20-16)12-2-4-13(17)5-3-12/h2-5,8,11H,6-7,9-10H2,1H3,(H,23,24)/t11-/m1/s1. The molecule has 2 heterocycles. The van der Waals surface area contributed by atoms with E-state index < -0.39 is 5.97 Å². The first kappa shape index (κ1) is 16.6. The second-order valence-corrected chi connectivity index (χ2v) is 6.24. The number of nitrogens with zero attached hydrogens (tertiary/aromatic N) is 5. The molecule has 1 N–H and O–H groups in total. The van der Waals surface area contributed by atoms with Crippen LogP contribution < -0.4 is 4.90 Å². The quantitative estimate of drug-likeness (QED) is 0.902. The van der Waals surface area contributed by atoms with Crippen LogP contribution in [0.15, 0.2) is 30.5 Å².